The SMILES string of the molecule is CSC[P@@](=O)(Oc1ccc(C)cc1C)Oc1c(C)cccc1[N+](=O)[O-]. The summed E-state index contributed by atoms with van der Waals surface area (Å²) in [7, 11) is -3.64. The molecule has 8 heteroatoms. The molecule has 0 aliphatic heterocycles. The van der Waals surface area contributed by atoms with Crippen LogP contribution in [0.3, 0.4) is 0 Å². The van der Waals surface area contributed by atoms with Crippen molar-refractivity contribution >= 4 is 25.0 Å². The molecule has 6 nitrogen and oxygen atoms in total. The van der Waals surface area contributed by atoms with E-state index in [1.807, 2.05) is 26.0 Å². The number of hydrogen-bond donors (Lipinski definition) is 0. The average Bonchev–Trinajstić information content (AvgIpc) is 2.52. The fourth-order valence-corrected chi connectivity index (χ4v) is 5.06. The minimum Gasteiger partial charge on any atom is -0.415 e. The van der Waals surface area contributed by atoms with E-state index in [0.29, 0.717) is 11.3 Å². The predicted molar refractivity (Wildman–Crippen MR) is 101 cm³/mol. The van der Waals surface area contributed by atoms with Crippen LogP contribution in [0.4, 0.5) is 5.69 Å². The van der Waals surface area contributed by atoms with Crippen molar-refractivity contribution in [3.63, 3.8) is 0 Å². The molecule has 0 fully saturated rings. The Kier molecular flexibility index (Phi) is 6.14. The predicted octanol–water partition coefficient (Wildman–Crippen LogP) is 5.49. The third kappa shape index (κ3) is 4.77. The van der Waals surface area contributed by atoms with E-state index in [4.69, 9.17) is 9.05 Å². The minimum absolute atomic E-state index is 0.0188. The van der Waals surface area contributed by atoms with Crippen molar-refractivity contribution in [2.75, 3.05) is 11.7 Å². The van der Waals surface area contributed by atoms with Crippen molar-refractivity contribution in [2.24, 2.45) is 0 Å². The first-order valence-electron chi connectivity index (χ1n) is 7.54. The summed E-state index contributed by atoms with van der Waals surface area (Å²) in [6.07, 6.45) is 1.77. The van der Waals surface area contributed by atoms with E-state index in [-0.39, 0.29) is 16.9 Å². The summed E-state index contributed by atoms with van der Waals surface area (Å²) < 4.78 is 24.6. The first-order valence-corrected chi connectivity index (χ1v) is 10.7. The Morgan fingerprint density at radius 2 is 1.84 bits per heavy atom. The Hall–Kier alpha value is -1.98. The van der Waals surface area contributed by atoms with E-state index < -0.39 is 12.5 Å². The van der Waals surface area contributed by atoms with Crippen molar-refractivity contribution < 1.29 is 18.5 Å². The highest BCUT2D eigenvalue weighted by Crippen LogP contribution is 2.53. The zero-order valence-electron chi connectivity index (χ0n) is 14.5. The van der Waals surface area contributed by atoms with Crippen LogP contribution in [0.15, 0.2) is 36.4 Å². The van der Waals surface area contributed by atoms with Gasteiger partial charge in [-0.1, -0.05) is 29.8 Å². The van der Waals surface area contributed by atoms with Crippen LogP contribution in [0.1, 0.15) is 16.7 Å². The van der Waals surface area contributed by atoms with Gasteiger partial charge in [-0.3, -0.25) is 10.1 Å². The molecule has 0 aliphatic carbocycles. The molecule has 2 aromatic carbocycles. The van der Waals surface area contributed by atoms with Crippen molar-refractivity contribution in [1.29, 1.82) is 0 Å². The second kappa shape index (κ2) is 7.93. The van der Waals surface area contributed by atoms with Crippen LogP contribution in [0.2, 0.25) is 0 Å². The second-order valence-electron chi connectivity index (χ2n) is 5.66. The lowest BCUT2D eigenvalue weighted by Gasteiger charge is -2.21. The number of thioether (sulfide) groups is 1. The maximum Gasteiger partial charge on any atom is 0.440 e. The van der Waals surface area contributed by atoms with Crippen LogP contribution in [0.5, 0.6) is 11.5 Å². The normalized spacial score (nSPS) is 13.1. The summed E-state index contributed by atoms with van der Waals surface area (Å²) >= 11 is 1.29. The Morgan fingerprint density at radius 3 is 2.44 bits per heavy atom. The van der Waals surface area contributed by atoms with Crippen LogP contribution in [0, 0.1) is 30.9 Å². The number of nitro benzene ring substituents is 1. The van der Waals surface area contributed by atoms with E-state index in [1.54, 1.807) is 31.4 Å². The van der Waals surface area contributed by atoms with Crippen molar-refractivity contribution in [3.8, 4) is 11.5 Å². The molecule has 2 rings (SSSR count). The molecule has 0 N–H and O–H groups in total. The number of nitrogens with zero attached hydrogens (tertiary/aromatic N) is 1. The smallest absolute Gasteiger partial charge is 0.415 e. The molecule has 1 atom stereocenters. The lowest BCUT2D eigenvalue weighted by atomic mass is 10.1. The lowest BCUT2D eigenvalue weighted by Crippen LogP contribution is -2.06. The summed E-state index contributed by atoms with van der Waals surface area (Å²) in [5, 5.41) is 11.3. The van der Waals surface area contributed by atoms with Gasteiger partial charge in [-0.15, -0.1) is 0 Å². The Labute approximate surface area is 151 Å². The largest absolute Gasteiger partial charge is 0.440 e. The summed E-state index contributed by atoms with van der Waals surface area (Å²) in [5.41, 5.74) is 2.25. The van der Waals surface area contributed by atoms with Gasteiger partial charge in [0.2, 0.25) is 5.75 Å². The zero-order chi connectivity index (χ0) is 18.6. The van der Waals surface area contributed by atoms with Crippen LogP contribution in [-0.2, 0) is 4.57 Å². The molecule has 0 amide bonds. The number of rotatable bonds is 7. The van der Waals surface area contributed by atoms with Crippen LogP contribution in [0.25, 0.3) is 0 Å². The topological polar surface area (TPSA) is 78.7 Å². The number of para-hydroxylation sites is 1. The van der Waals surface area contributed by atoms with E-state index in [9.17, 15) is 14.7 Å². The van der Waals surface area contributed by atoms with Gasteiger partial charge in [-0.2, -0.15) is 11.8 Å². The van der Waals surface area contributed by atoms with Crippen molar-refractivity contribution in [1.82, 2.24) is 0 Å². The third-order valence-electron chi connectivity index (χ3n) is 3.47. The molecule has 0 bridgehead atoms. The first kappa shape index (κ1) is 19.3. The molecule has 0 aromatic heterocycles. The molecular weight excluding hydrogens is 361 g/mol. The number of aryl methyl sites for hydroxylation is 3. The van der Waals surface area contributed by atoms with Crippen LogP contribution >= 0.6 is 19.4 Å². The molecule has 134 valence electrons. The molecule has 25 heavy (non-hydrogen) atoms. The van der Waals surface area contributed by atoms with Gasteiger partial charge >= 0.3 is 13.3 Å². The van der Waals surface area contributed by atoms with E-state index in [2.05, 4.69) is 0 Å². The summed E-state index contributed by atoms with van der Waals surface area (Å²) in [4.78, 5) is 10.7. The second-order valence-corrected chi connectivity index (χ2v) is 8.86. The molecule has 0 unspecified atom stereocenters. The zero-order valence-corrected chi connectivity index (χ0v) is 16.2. The van der Waals surface area contributed by atoms with E-state index >= 15 is 0 Å². The lowest BCUT2D eigenvalue weighted by molar-refractivity contribution is -0.385. The Morgan fingerprint density at radius 1 is 1.12 bits per heavy atom. The third-order valence-corrected chi connectivity index (χ3v) is 6.71. The van der Waals surface area contributed by atoms with Crippen molar-refractivity contribution in [2.45, 2.75) is 20.8 Å². The van der Waals surface area contributed by atoms with E-state index in [1.165, 1.54) is 17.8 Å². The number of hydrogen-bond acceptors (Lipinski definition) is 6. The molecule has 0 aliphatic rings. The number of nitro groups is 1. The molecular formula is C17H20NO5PS. The maximum atomic E-state index is 13.2. The van der Waals surface area contributed by atoms with Crippen LogP contribution in [-0.4, -0.2) is 16.7 Å². The molecule has 0 saturated carbocycles. The van der Waals surface area contributed by atoms with Gasteiger partial charge in [0.05, 0.1) is 4.92 Å². The summed E-state index contributed by atoms with van der Waals surface area (Å²) in [6, 6.07) is 10.0. The summed E-state index contributed by atoms with van der Waals surface area (Å²) in [6.45, 7) is 5.47. The van der Waals surface area contributed by atoms with Gasteiger partial charge in [0.1, 0.15) is 11.2 Å². The van der Waals surface area contributed by atoms with Gasteiger partial charge in [-0.05, 0) is 44.2 Å². The highest BCUT2D eigenvalue weighted by molar-refractivity contribution is 8.04. The number of benzene rings is 2. The molecule has 0 spiro atoms. The highest BCUT2D eigenvalue weighted by Gasteiger charge is 2.32. The van der Waals surface area contributed by atoms with Gasteiger partial charge in [-0.25, -0.2) is 4.57 Å². The molecule has 0 radical (unpaired) electrons. The molecule has 0 saturated heterocycles. The van der Waals surface area contributed by atoms with E-state index in [0.717, 1.165) is 11.1 Å². The average molecular weight is 381 g/mol. The Bertz CT molecular complexity index is 840. The Balaban J connectivity index is 2.41. The van der Waals surface area contributed by atoms with Gasteiger partial charge < -0.3 is 9.05 Å². The summed E-state index contributed by atoms with van der Waals surface area (Å²) in [5.74, 6) is 0.425. The quantitative estimate of drug-likeness (QED) is 0.358. The van der Waals surface area contributed by atoms with Gasteiger partial charge in [0.15, 0.2) is 0 Å². The first-order chi connectivity index (χ1) is 11.8. The fraction of sp³-hybridized carbons (Fsp3) is 0.294. The van der Waals surface area contributed by atoms with Gasteiger partial charge in [0.25, 0.3) is 0 Å². The standard InChI is InChI=1S/C17H20NO5PS/c1-12-8-9-16(14(3)10-12)22-24(21,11-25-4)23-17-13(2)6-5-7-15(17)18(19)20/h5-10H,11H2,1-4H3/t24-/m1/s1. The van der Waals surface area contributed by atoms with Crippen molar-refractivity contribution in [3.05, 3.63) is 63.2 Å². The van der Waals surface area contributed by atoms with Gasteiger partial charge in [0, 0.05) is 6.07 Å². The van der Waals surface area contributed by atoms with Crippen LogP contribution < -0.4 is 9.05 Å². The minimum atomic E-state index is -3.64. The molecule has 0 heterocycles. The fourth-order valence-electron chi connectivity index (χ4n) is 2.32. The highest BCUT2D eigenvalue weighted by atomic mass is 32.2. The molecule has 2 aromatic rings. The monoisotopic (exact) mass is 381 g/mol. The maximum absolute atomic E-state index is 13.2.